The SMILES string of the molecule is Cc1cc(S(N)(=O)=O)cc(NC(=O)CN(C)CC(=O)Nc2ccc(N3CCOCC3)cc2)c1C. The Balaban J connectivity index is 1.52. The average Bonchev–Trinajstić information content (AvgIpc) is 2.77. The number of amides is 2. The van der Waals surface area contributed by atoms with Gasteiger partial charge >= 0.3 is 0 Å². The molecular formula is C23H31N5O5S. The van der Waals surface area contributed by atoms with E-state index in [0.717, 1.165) is 24.3 Å². The Morgan fingerprint density at radius 1 is 1.03 bits per heavy atom. The normalized spacial score (nSPS) is 14.2. The Morgan fingerprint density at radius 3 is 2.21 bits per heavy atom. The summed E-state index contributed by atoms with van der Waals surface area (Å²) in [7, 11) is -2.25. The van der Waals surface area contributed by atoms with Crippen molar-refractivity contribution in [1.82, 2.24) is 4.90 Å². The van der Waals surface area contributed by atoms with Crippen molar-refractivity contribution in [2.75, 3.05) is 62.0 Å². The standard InChI is InChI=1S/C23H31N5O5S/c1-16-12-20(34(24,31)32)13-21(17(16)2)26-23(30)15-27(3)14-22(29)25-18-4-6-19(7-5-18)28-8-10-33-11-9-28/h4-7,12-13H,8-11,14-15H2,1-3H3,(H,25,29)(H,26,30)(H2,24,31,32). The lowest BCUT2D eigenvalue weighted by Gasteiger charge is -2.28. The van der Waals surface area contributed by atoms with Crippen LogP contribution >= 0.6 is 0 Å². The maximum atomic E-state index is 12.5. The summed E-state index contributed by atoms with van der Waals surface area (Å²) in [5, 5.41) is 10.8. The zero-order valence-corrected chi connectivity index (χ0v) is 20.4. The number of nitrogens with zero attached hydrogens (tertiary/aromatic N) is 2. The minimum absolute atomic E-state index is 0.00780. The molecule has 11 heteroatoms. The number of hydrogen-bond donors (Lipinski definition) is 3. The van der Waals surface area contributed by atoms with Crippen molar-refractivity contribution >= 4 is 38.9 Å². The van der Waals surface area contributed by atoms with E-state index in [1.807, 2.05) is 24.3 Å². The minimum atomic E-state index is -3.90. The van der Waals surface area contributed by atoms with Crippen molar-refractivity contribution < 1.29 is 22.7 Å². The molecule has 1 heterocycles. The molecule has 10 nitrogen and oxygen atoms in total. The topological polar surface area (TPSA) is 134 Å². The fourth-order valence-corrected chi connectivity index (χ4v) is 4.26. The van der Waals surface area contributed by atoms with Crippen LogP contribution in [0.2, 0.25) is 0 Å². The lowest BCUT2D eigenvalue weighted by atomic mass is 10.1. The number of nitrogens with two attached hydrogens (primary N) is 1. The second kappa shape index (κ2) is 11.0. The third-order valence-electron chi connectivity index (χ3n) is 5.60. The molecule has 0 spiro atoms. The summed E-state index contributed by atoms with van der Waals surface area (Å²) in [5.41, 5.74) is 3.54. The first kappa shape index (κ1) is 25.6. The maximum absolute atomic E-state index is 12.5. The first-order chi connectivity index (χ1) is 16.0. The lowest BCUT2D eigenvalue weighted by molar-refractivity contribution is -0.119. The predicted octanol–water partition coefficient (Wildman–Crippen LogP) is 1.30. The van der Waals surface area contributed by atoms with Crippen molar-refractivity contribution in [2.24, 2.45) is 5.14 Å². The van der Waals surface area contributed by atoms with E-state index in [9.17, 15) is 18.0 Å². The summed E-state index contributed by atoms with van der Waals surface area (Å²) in [6.07, 6.45) is 0. The number of rotatable bonds is 8. The fourth-order valence-electron chi connectivity index (χ4n) is 3.63. The number of hydrogen-bond acceptors (Lipinski definition) is 7. The molecule has 0 atom stereocenters. The lowest BCUT2D eigenvalue weighted by Crippen LogP contribution is -2.36. The highest BCUT2D eigenvalue weighted by atomic mass is 32.2. The van der Waals surface area contributed by atoms with E-state index >= 15 is 0 Å². The number of carbonyl (C=O) groups excluding carboxylic acids is 2. The van der Waals surface area contributed by atoms with Crippen molar-refractivity contribution in [3.05, 3.63) is 47.5 Å². The third kappa shape index (κ3) is 7.00. The van der Waals surface area contributed by atoms with E-state index in [1.54, 1.807) is 25.8 Å². The van der Waals surface area contributed by atoms with E-state index in [2.05, 4.69) is 15.5 Å². The Kier molecular flexibility index (Phi) is 8.26. The molecule has 0 aromatic heterocycles. The number of likely N-dealkylation sites (N-methyl/N-ethyl adjacent to an activating group) is 1. The molecule has 0 radical (unpaired) electrons. The van der Waals surface area contributed by atoms with Gasteiger partial charge < -0.3 is 20.3 Å². The quantitative estimate of drug-likeness (QED) is 0.509. The Morgan fingerprint density at radius 2 is 1.62 bits per heavy atom. The van der Waals surface area contributed by atoms with Gasteiger partial charge in [-0.05, 0) is 68.4 Å². The average molecular weight is 490 g/mol. The van der Waals surface area contributed by atoms with Gasteiger partial charge in [-0.1, -0.05) is 0 Å². The molecule has 1 aliphatic heterocycles. The number of anilines is 3. The first-order valence-electron chi connectivity index (χ1n) is 10.9. The highest BCUT2D eigenvalue weighted by Gasteiger charge is 2.16. The van der Waals surface area contributed by atoms with Crippen LogP contribution in [0.15, 0.2) is 41.3 Å². The first-order valence-corrected chi connectivity index (χ1v) is 12.4. The smallest absolute Gasteiger partial charge is 0.238 e. The van der Waals surface area contributed by atoms with Crippen LogP contribution in [0.3, 0.4) is 0 Å². The number of primary sulfonamides is 1. The van der Waals surface area contributed by atoms with Crippen LogP contribution in [-0.2, 0) is 24.3 Å². The van der Waals surface area contributed by atoms with Gasteiger partial charge in [-0.3, -0.25) is 14.5 Å². The number of nitrogens with one attached hydrogen (secondary N) is 2. The van der Waals surface area contributed by atoms with Gasteiger partial charge in [0.25, 0.3) is 0 Å². The monoisotopic (exact) mass is 489 g/mol. The summed E-state index contributed by atoms with van der Waals surface area (Å²) in [4.78, 5) is 28.6. The van der Waals surface area contributed by atoms with Gasteiger partial charge in [0.05, 0.1) is 31.2 Å². The van der Waals surface area contributed by atoms with Crippen molar-refractivity contribution in [3.8, 4) is 0 Å². The van der Waals surface area contributed by atoms with Gasteiger partial charge in [0, 0.05) is 30.2 Å². The van der Waals surface area contributed by atoms with Gasteiger partial charge in [0.1, 0.15) is 0 Å². The minimum Gasteiger partial charge on any atom is -0.378 e. The highest BCUT2D eigenvalue weighted by molar-refractivity contribution is 7.89. The molecule has 0 saturated carbocycles. The van der Waals surface area contributed by atoms with Gasteiger partial charge in [-0.25, -0.2) is 13.6 Å². The zero-order valence-electron chi connectivity index (χ0n) is 19.6. The summed E-state index contributed by atoms with van der Waals surface area (Å²) < 4.78 is 28.7. The van der Waals surface area contributed by atoms with E-state index in [1.165, 1.54) is 12.1 Å². The van der Waals surface area contributed by atoms with Gasteiger partial charge in [-0.2, -0.15) is 0 Å². The number of carbonyl (C=O) groups is 2. The van der Waals surface area contributed by atoms with Gasteiger partial charge in [0.15, 0.2) is 0 Å². The van der Waals surface area contributed by atoms with Gasteiger partial charge in [0.2, 0.25) is 21.8 Å². The molecule has 184 valence electrons. The molecule has 0 unspecified atom stereocenters. The molecular weight excluding hydrogens is 458 g/mol. The van der Waals surface area contributed by atoms with Crippen molar-refractivity contribution in [3.63, 3.8) is 0 Å². The van der Waals surface area contributed by atoms with Crippen LogP contribution in [-0.4, -0.2) is 71.6 Å². The molecule has 1 fully saturated rings. The maximum Gasteiger partial charge on any atom is 0.238 e. The highest BCUT2D eigenvalue weighted by Crippen LogP contribution is 2.23. The van der Waals surface area contributed by atoms with E-state index in [-0.39, 0.29) is 29.8 Å². The fraction of sp³-hybridized carbons (Fsp3) is 0.391. The number of aryl methyl sites for hydroxylation is 1. The molecule has 0 aliphatic carbocycles. The van der Waals surface area contributed by atoms with E-state index in [4.69, 9.17) is 9.88 Å². The molecule has 2 amide bonds. The summed E-state index contributed by atoms with van der Waals surface area (Å²) in [6.45, 7) is 6.55. The molecule has 3 rings (SSSR count). The second-order valence-electron chi connectivity index (χ2n) is 8.37. The van der Waals surface area contributed by atoms with Crippen LogP contribution in [0.1, 0.15) is 11.1 Å². The number of benzene rings is 2. The molecule has 0 bridgehead atoms. The van der Waals surface area contributed by atoms with Crippen LogP contribution in [0.4, 0.5) is 17.1 Å². The molecule has 1 aliphatic rings. The molecule has 1 saturated heterocycles. The number of morpholine rings is 1. The Labute approximate surface area is 200 Å². The largest absolute Gasteiger partial charge is 0.378 e. The Bertz CT molecular complexity index is 1150. The summed E-state index contributed by atoms with van der Waals surface area (Å²) in [5.74, 6) is -0.628. The van der Waals surface area contributed by atoms with Crippen molar-refractivity contribution in [2.45, 2.75) is 18.7 Å². The van der Waals surface area contributed by atoms with E-state index in [0.29, 0.717) is 30.2 Å². The van der Waals surface area contributed by atoms with Crippen LogP contribution in [0.25, 0.3) is 0 Å². The van der Waals surface area contributed by atoms with Crippen LogP contribution < -0.4 is 20.7 Å². The second-order valence-corrected chi connectivity index (χ2v) is 9.93. The number of sulfonamides is 1. The summed E-state index contributed by atoms with van der Waals surface area (Å²) >= 11 is 0. The molecule has 2 aromatic rings. The molecule has 4 N–H and O–H groups in total. The molecule has 2 aromatic carbocycles. The van der Waals surface area contributed by atoms with E-state index < -0.39 is 10.0 Å². The third-order valence-corrected chi connectivity index (χ3v) is 6.49. The zero-order chi connectivity index (χ0) is 24.9. The van der Waals surface area contributed by atoms with Gasteiger partial charge in [-0.15, -0.1) is 0 Å². The molecule has 34 heavy (non-hydrogen) atoms. The predicted molar refractivity (Wildman–Crippen MR) is 132 cm³/mol. The van der Waals surface area contributed by atoms with Crippen molar-refractivity contribution in [1.29, 1.82) is 0 Å². The summed E-state index contributed by atoms with van der Waals surface area (Å²) in [6, 6.07) is 10.4. The van der Waals surface area contributed by atoms with Crippen LogP contribution in [0, 0.1) is 13.8 Å². The number of ether oxygens (including phenoxy) is 1. The Hall–Kier alpha value is -2.99. The van der Waals surface area contributed by atoms with Crippen LogP contribution in [0.5, 0.6) is 0 Å².